The van der Waals surface area contributed by atoms with E-state index in [9.17, 15) is 13.2 Å². The number of amides is 1. The van der Waals surface area contributed by atoms with Gasteiger partial charge in [-0.3, -0.25) is 9.69 Å². The van der Waals surface area contributed by atoms with Crippen LogP contribution in [0.15, 0.2) is 52.3 Å². The van der Waals surface area contributed by atoms with Gasteiger partial charge in [-0.05, 0) is 67.7 Å². The third-order valence-corrected chi connectivity index (χ3v) is 8.46. The van der Waals surface area contributed by atoms with Gasteiger partial charge in [0.15, 0.2) is 0 Å². The molecule has 2 aliphatic rings. The van der Waals surface area contributed by atoms with Crippen LogP contribution in [0.1, 0.15) is 24.8 Å². The van der Waals surface area contributed by atoms with E-state index in [2.05, 4.69) is 14.9 Å². The molecule has 2 aromatic carbocycles. The van der Waals surface area contributed by atoms with Crippen molar-refractivity contribution in [1.82, 2.24) is 9.62 Å². The zero-order valence-electron chi connectivity index (χ0n) is 17.1. The third kappa shape index (κ3) is 6.02. The normalized spacial score (nSPS) is 18.3. The first-order chi connectivity index (χ1) is 14.9. The summed E-state index contributed by atoms with van der Waals surface area (Å²) in [5.74, 6) is 0.923. The van der Waals surface area contributed by atoms with Gasteiger partial charge in [-0.15, -0.1) is 11.8 Å². The van der Waals surface area contributed by atoms with E-state index in [1.807, 2.05) is 24.3 Å². The Bertz CT molecular complexity index is 1040. The molecule has 2 heterocycles. The summed E-state index contributed by atoms with van der Waals surface area (Å²) in [6, 6.07) is 12.8. The maximum atomic E-state index is 12.8. The molecule has 2 N–H and O–H groups in total. The highest BCUT2D eigenvalue weighted by Crippen LogP contribution is 2.32. The van der Waals surface area contributed by atoms with Crippen LogP contribution in [0.2, 0.25) is 5.02 Å². The number of carbonyl (C=O) groups is 1. The van der Waals surface area contributed by atoms with E-state index >= 15 is 0 Å². The molecule has 2 aliphatic heterocycles. The Morgan fingerprint density at radius 2 is 1.87 bits per heavy atom. The lowest BCUT2D eigenvalue weighted by molar-refractivity contribution is -0.115. The Morgan fingerprint density at radius 1 is 1.13 bits per heavy atom. The molecule has 0 aliphatic carbocycles. The molecule has 2 aromatic rings. The summed E-state index contributed by atoms with van der Waals surface area (Å²) in [5.41, 5.74) is 1.81. The molecule has 0 radical (unpaired) electrons. The fraction of sp³-hybridized carbons (Fsp3) is 0.409. The number of hydrogen-bond donors (Lipinski definition) is 2. The summed E-state index contributed by atoms with van der Waals surface area (Å²) < 4.78 is 28.4. The molecule has 31 heavy (non-hydrogen) atoms. The van der Waals surface area contributed by atoms with Crippen molar-refractivity contribution in [2.45, 2.75) is 35.6 Å². The molecule has 4 rings (SSSR count). The highest BCUT2D eigenvalue weighted by Gasteiger charge is 2.23. The molecule has 0 bridgehead atoms. The first-order valence-electron chi connectivity index (χ1n) is 10.4. The summed E-state index contributed by atoms with van der Waals surface area (Å²) >= 11 is 7.51. The van der Waals surface area contributed by atoms with Gasteiger partial charge in [0, 0.05) is 35.2 Å². The van der Waals surface area contributed by atoms with Gasteiger partial charge in [-0.2, -0.15) is 0 Å². The van der Waals surface area contributed by atoms with Crippen molar-refractivity contribution in [2.24, 2.45) is 5.92 Å². The number of benzene rings is 2. The van der Waals surface area contributed by atoms with Crippen molar-refractivity contribution < 1.29 is 13.2 Å². The van der Waals surface area contributed by atoms with E-state index in [1.54, 1.807) is 30.0 Å². The minimum atomic E-state index is -3.63. The molecule has 0 unspecified atom stereocenters. The molecular weight excluding hydrogens is 454 g/mol. The monoisotopic (exact) mass is 479 g/mol. The number of rotatable bonds is 6. The van der Waals surface area contributed by atoms with Crippen LogP contribution >= 0.6 is 23.4 Å². The van der Waals surface area contributed by atoms with E-state index in [0.717, 1.165) is 42.4 Å². The van der Waals surface area contributed by atoms with Gasteiger partial charge in [0.25, 0.3) is 0 Å². The molecule has 0 spiro atoms. The lowest BCUT2D eigenvalue weighted by atomic mass is 9.97. The van der Waals surface area contributed by atoms with Crippen LogP contribution < -0.4 is 10.0 Å². The number of thioether (sulfide) groups is 1. The van der Waals surface area contributed by atoms with E-state index in [-0.39, 0.29) is 10.8 Å². The first kappa shape index (κ1) is 22.6. The topological polar surface area (TPSA) is 78.5 Å². The van der Waals surface area contributed by atoms with Crippen LogP contribution in [0.5, 0.6) is 0 Å². The predicted molar refractivity (Wildman–Crippen MR) is 125 cm³/mol. The fourth-order valence-electron chi connectivity index (χ4n) is 3.87. The fourth-order valence-corrected chi connectivity index (χ4v) is 6.08. The van der Waals surface area contributed by atoms with Crippen LogP contribution in [-0.2, 0) is 21.4 Å². The van der Waals surface area contributed by atoms with Crippen LogP contribution in [-0.4, -0.2) is 44.6 Å². The Balaban J connectivity index is 1.30. The summed E-state index contributed by atoms with van der Waals surface area (Å²) in [6.45, 7) is 3.19. The second-order valence-electron chi connectivity index (χ2n) is 8.00. The third-order valence-electron chi connectivity index (χ3n) is 5.71. The molecule has 9 heteroatoms. The molecule has 1 amide bonds. The van der Waals surface area contributed by atoms with Gasteiger partial charge < -0.3 is 5.32 Å². The van der Waals surface area contributed by atoms with E-state index in [4.69, 9.17) is 11.6 Å². The molecule has 6 nitrogen and oxygen atoms in total. The number of halogens is 1. The van der Waals surface area contributed by atoms with Gasteiger partial charge in [-0.1, -0.05) is 23.7 Å². The average Bonchev–Trinajstić information content (AvgIpc) is 2.95. The lowest BCUT2D eigenvalue weighted by Gasteiger charge is -2.32. The van der Waals surface area contributed by atoms with Crippen molar-refractivity contribution in [2.75, 3.05) is 30.7 Å². The molecule has 0 saturated carbocycles. The number of nitrogens with one attached hydrogen (secondary N) is 2. The molecule has 0 atom stereocenters. The highest BCUT2D eigenvalue weighted by atomic mass is 35.5. The molecular formula is C22H26ClN3O3S2. The summed E-state index contributed by atoms with van der Waals surface area (Å²) in [5, 5.41) is 3.54. The quantitative estimate of drug-likeness (QED) is 0.655. The SMILES string of the molecule is O=C1CCSc2ccc(S(=O)(=O)NCC3CCN(Cc4ccc(Cl)cc4)CC3)cc2N1. The zero-order valence-corrected chi connectivity index (χ0v) is 19.5. The first-order valence-corrected chi connectivity index (χ1v) is 13.3. The van der Waals surface area contributed by atoms with E-state index in [1.165, 1.54) is 5.56 Å². The minimum absolute atomic E-state index is 0.0842. The summed E-state index contributed by atoms with van der Waals surface area (Å²) in [4.78, 5) is 15.3. The average molecular weight is 480 g/mol. The second-order valence-corrected chi connectivity index (χ2v) is 11.3. The number of piperidine rings is 1. The molecule has 1 fully saturated rings. The van der Waals surface area contributed by atoms with E-state index in [0.29, 0.717) is 30.3 Å². The molecule has 166 valence electrons. The number of carbonyl (C=O) groups excluding carboxylic acids is 1. The van der Waals surface area contributed by atoms with Gasteiger partial charge in [0.05, 0.1) is 10.6 Å². The Labute approximate surface area is 192 Å². The number of nitrogens with zero attached hydrogens (tertiary/aromatic N) is 1. The Hall–Kier alpha value is -1.58. The standard InChI is InChI=1S/C22H26ClN3O3S2/c23-18-3-1-17(2-4-18)15-26-10-7-16(8-11-26)14-24-31(28,29)19-5-6-21-20(13-19)25-22(27)9-12-30-21/h1-6,13,16,24H,7-12,14-15H2,(H,25,27). The smallest absolute Gasteiger partial charge is 0.240 e. The Kier molecular flexibility index (Phi) is 7.23. The van der Waals surface area contributed by atoms with Gasteiger partial charge in [0.1, 0.15) is 0 Å². The summed E-state index contributed by atoms with van der Waals surface area (Å²) in [6.07, 6.45) is 2.33. The minimum Gasteiger partial charge on any atom is -0.325 e. The Morgan fingerprint density at radius 3 is 2.61 bits per heavy atom. The van der Waals surface area contributed by atoms with Gasteiger partial charge >= 0.3 is 0 Å². The van der Waals surface area contributed by atoms with Crippen LogP contribution in [0, 0.1) is 5.92 Å². The number of likely N-dealkylation sites (tertiary alicyclic amines) is 1. The molecule has 1 saturated heterocycles. The maximum absolute atomic E-state index is 12.8. The number of fused-ring (bicyclic) bond motifs is 1. The lowest BCUT2D eigenvalue weighted by Crippen LogP contribution is -2.38. The number of anilines is 1. The van der Waals surface area contributed by atoms with Crippen molar-refractivity contribution in [3.8, 4) is 0 Å². The van der Waals surface area contributed by atoms with Crippen molar-refractivity contribution in [1.29, 1.82) is 0 Å². The number of hydrogen-bond acceptors (Lipinski definition) is 5. The zero-order chi connectivity index (χ0) is 21.8. The van der Waals surface area contributed by atoms with Crippen LogP contribution in [0.3, 0.4) is 0 Å². The van der Waals surface area contributed by atoms with Crippen molar-refractivity contribution in [3.63, 3.8) is 0 Å². The number of sulfonamides is 1. The van der Waals surface area contributed by atoms with Crippen LogP contribution in [0.4, 0.5) is 5.69 Å². The largest absolute Gasteiger partial charge is 0.325 e. The molecule has 0 aromatic heterocycles. The maximum Gasteiger partial charge on any atom is 0.240 e. The van der Waals surface area contributed by atoms with Crippen molar-refractivity contribution in [3.05, 3.63) is 53.1 Å². The van der Waals surface area contributed by atoms with E-state index < -0.39 is 10.0 Å². The van der Waals surface area contributed by atoms with Gasteiger partial charge in [-0.25, -0.2) is 13.1 Å². The highest BCUT2D eigenvalue weighted by molar-refractivity contribution is 7.99. The predicted octanol–water partition coefficient (Wildman–Crippen LogP) is 3.96. The second kappa shape index (κ2) is 9.92. The van der Waals surface area contributed by atoms with Gasteiger partial charge in [0.2, 0.25) is 15.9 Å². The summed E-state index contributed by atoms with van der Waals surface area (Å²) in [7, 11) is -3.63. The van der Waals surface area contributed by atoms with Crippen LogP contribution in [0.25, 0.3) is 0 Å². The van der Waals surface area contributed by atoms with Crippen molar-refractivity contribution >= 4 is 45.0 Å².